The van der Waals surface area contributed by atoms with E-state index in [2.05, 4.69) is 25.7 Å². The third-order valence-electron chi connectivity index (χ3n) is 4.27. The summed E-state index contributed by atoms with van der Waals surface area (Å²) >= 11 is 0. The Labute approximate surface area is 159 Å². The number of amides is 1. The van der Waals surface area contributed by atoms with Crippen molar-refractivity contribution >= 4 is 23.2 Å². The number of alkyl halides is 3. The first-order valence-electron chi connectivity index (χ1n) is 8.69. The van der Waals surface area contributed by atoms with Gasteiger partial charge in [-0.2, -0.15) is 27.8 Å². The maximum absolute atomic E-state index is 13.0. The highest BCUT2D eigenvalue weighted by Gasteiger charge is 2.34. The molecular formula is C18H19F3N6O. The van der Waals surface area contributed by atoms with Crippen molar-refractivity contribution < 1.29 is 18.0 Å². The molecule has 1 atom stereocenters. The van der Waals surface area contributed by atoms with Gasteiger partial charge >= 0.3 is 6.18 Å². The standard InChI is InChI=1S/C18H19F3N6O/c1-3-11(2)16(28)25-13-6-4-5-12(7-13)9-22-15-8-14(18(19,20)21)26-17-23-10-24-27(15)17/h4-8,10-11,22H,3,9H2,1-2H3,(H,25,28)/t11-/m1/s1. The molecule has 0 unspecified atom stereocenters. The van der Waals surface area contributed by atoms with E-state index < -0.39 is 11.9 Å². The van der Waals surface area contributed by atoms with Crippen LogP contribution in [0.4, 0.5) is 24.7 Å². The van der Waals surface area contributed by atoms with Crippen LogP contribution in [0.3, 0.4) is 0 Å². The highest BCUT2D eigenvalue weighted by atomic mass is 19.4. The number of rotatable bonds is 6. The van der Waals surface area contributed by atoms with Gasteiger partial charge in [0.05, 0.1) is 0 Å². The maximum Gasteiger partial charge on any atom is 0.433 e. The van der Waals surface area contributed by atoms with Crippen molar-refractivity contribution in [2.75, 3.05) is 10.6 Å². The van der Waals surface area contributed by atoms with Gasteiger partial charge in [0, 0.05) is 24.2 Å². The topological polar surface area (TPSA) is 84.2 Å². The lowest BCUT2D eigenvalue weighted by molar-refractivity contribution is -0.141. The Morgan fingerprint density at radius 3 is 2.79 bits per heavy atom. The molecule has 10 heteroatoms. The van der Waals surface area contributed by atoms with Gasteiger partial charge in [0.2, 0.25) is 5.91 Å². The molecule has 0 bridgehead atoms. The second-order valence-electron chi connectivity index (χ2n) is 6.35. The Hall–Kier alpha value is -3.17. The molecule has 2 heterocycles. The number of fused-ring (bicyclic) bond motifs is 1. The number of benzene rings is 1. The van der Waals surface area contributed by atoms with E-state index in [4.69, 9.17) is 0 Å². The fraction of sp³-hybridized carbons (Fsp3) is 0.333. The molecule has 3 aromatic rings. The average Bonchev–Trinajstić information content (AvgIpc) is 3.13. The summed E-state index contributed by atoms with van der Waals surface area (Å²) in [5, 5.41) is 9.65. The largest absolute Gasteiger partial charge is 0.433 e. The van der Waals surface area contributed by atoms with Crippen LogP contribution in [-0.2, 0) is 17.5 Å². The molecule has 7 nitrogen and oxygen atoms in total. The van der Waals surface area contributed by atoms with Crippen molar-refractivity contribution in [2.24, 2.45) is 5.92 Å². The number of carbonyl (C=O) groups excluding carboxylic acids is 1. The molecule has 0 fully saturated rings. The van der Waals surface area contributed by atoms with Gasteiger partial charge < -0.3 is 10.6 Å². The van der Waals surface area contributed by atoms with Crippen LogP contribution in [0.5, 0.6) is 0 Å². The SMILES string of the molecule is CC[C@@H](C)C(=O)Nc1cccc(CNc2cc(C(F)(F)F)nc3ncnn23)c1. The van der Waals surface area contributed by atoms with Gasteiger partial charge in [0.15, 0.2) is 5.69 Å². The maximum atomic E-state index is 13.0. The Morgan fingerprint density at radius 2 is 2.07 bits per heavy atom. The van der Waals surface area contributed by atoms with Gasteiger partial charge in [-0.1, -0.05) is 26.0 Å². The molecule has 2 N–H and O–H groups in total. The summed E-state index contributed by atoms with van der Waals surface area (Å²) in [4.78, 5) is 19.2. The van der Waals surface area contributed by atoms with Crippen molar-refractivity contribution in [3.63, 3.8) is 0 Å². The zero-order chi connectivity index (χ0) is 20.3. The van der Waals surface area contributed by atoms with Gasteiger partial charge in [-0.05, 0) is 24.1 Å². The first-order chi connectivity index (χ1) is 13.3. The number of anilines is 2. The zero-order valence-electron chi connectivity index (χ0n) is 15.3. The molecule has 0 radical (unpaired) electrons. The molecule has 0 aliphatic heterocycles. The summed E-state index contributed by atoms with van der Waals surface area (Å²) in [7, 11) is 0. The minimum absolute atomic E-state index is 0.0825. The normalized spacial score (nSPS) is 12.8. The van der Waals surface area contributed by atoms with Crippen molar-refractivity contribution in [2.45, 2.75) is 33.0 Å². The predicted octanol–water partition coefficient (Wildman–Crippen LogP) is 3.74. The van der Waals surface area contributed by atoms with E-state index in [0.717, 1.165) is 24.4 Å². The molecule has 0 saturated heterocycles. The van der Waals surface area contributed by atoms with Crippen LogP contribution >= 0.6 is 0 Å². The molecule has 1 aromatic carbocycles. The molecule has 2 aromatic heterocycles. The van der Waals surface area contributed by atoms with Crippen LogP contribution in [0.15, 0.2) is 36.7 Å². The van der Waals surface area contributed by atoms with Crippen molar-refractivity contribution in [3.05, 3.63) is 47.9 Å². The third-order valence-corrected chi connectivity index (χ3v) is 4.27. The quantitative estimate of drug-likeness (QED) is 0.668. The van der Waals surface area contributed by atoms with Crippen LogP contribution in [0.2, 0.25) is 0 Å². The molecule has 148 valence electrons. The summed E-state index contributed by atoms with van der Waals surface area (Å²) in [6, 6.07) is 7.97. The Kier molecular flexibility index (Phi) is 5.48. The van der Waals surface area contributed by atoms with Gasteiger partial charge in [0.1, 0.15) is 12.1 Å². The van der Waals surface area contributed by atoms with E-state index in [1.807, 2.05) is 13.8 Å². The first kappa shape index (κ1) is 19.6. The van der Waals surface area contributed by atoms with Crippen LogP contribution in [0.1, 0.15) is 31.5 Å². The Bertz CT molecular complexity index is 985. The van der Waals surface area contributed by atoms with Crippen molar-refractivity contribution in [1.29, 1.82) is 0 Å². The van der Waals surface area contributed by atoms with Crippen LogP contribution in [0, 0.1) is 5.92 Å². The van der Waals surface area contributed by atoms with E-state index in [-0.39, 0.29) is 30.0 Å². The molecule has 0 aliphatic carbocycles. The fourth-order valence-corrected chi connectivity index (χ4v) is 2.49. The number of aromatic nitrogens is 4. The van der Waals surface area contributed by atoms with Crippen LogP contribution < -0.4 is 10.6 Å². The fourth-order valence-electron chi connectivity index (χ4n) is 2.49. The molecule has 28 heavy (non-hydrogen) atoms. The second kappa shape index (κ2) is 7.83. The van der Waals surface area contributed by atoms with E-state index in [1.165, 1.54) is 4.52 Å². The smallest absolute Gasteiger partial charge is 0.366 e. The average molecular weight is 392 g/mol. The van der Waals surface area contributed by atoms with Gasteiger partial charge in [-0.15, -0.1) is 0 Å². The van der Waals surface area contributed by atoms with E-state index >= 15 is 0 Å². The minimum Gasteiger partial charge on any atom is -0.366 e. The number of halogens is 3. The lowest BCUT2D eigenvalue weighted by atomic mass is 10.1. The van der Waals surface area contributed by atoms with Gasteiger partial charge in [0.25, 0.3) is 5.78 Å². The first-order valence-corrected chi connectivity index (χ1v) is 8.69. The van der Waals surface area contributed by atoms with Crippen LogP contribution in [0.25, 0.3) is 5.78 Å². The lowest BCUT2D eigenvalue weighted by Gasteiger charge is -2.13. The van der Waals surface area contributed by atoms with E-state index in [1.54, 1.807) is 24.3 Å². The number of nitrogens with one attached hydrogen (secondary N) is 2. The van der Waals surface area contributed by atoms with Crippen LogP contribution in [-0.4, -0.2) is 25.5 Å². The minimum atomic E-state index is -4.59. The van der Waals surface area contributed by atoms with Gasteiger partial charge in [-0.3, -0.25) is 4.79 Å². The highest BCUT2D eigenvalue weighted by molar-refractivity contribution is 5.92. The molecule has 3 rings (SSSR count). The van der Waals surface area contributed by atoms with E-state index in [9.17, 15) is 18.0 Å². The number of carbonyl (C=O) groups is 1. The number of nitrogens with zero attached hydrogens (tertiary/aromatic N) is 4. The Balaban J connectivity index is 1.78. The van der Waals surface area contributed by atoms with Crippen molar-refractivity contribution in [1.82, 2.24) is 19.6 Å². The van der Waals surface area contributed by atoms with Crippen molar-refractivity contribution in [3.8, 4) is 0 Å². The number of hydrogen-bond donors (Lipinski definition) is 2. The van der Waals surface area contributed by atoms with E-state index in [0.29, 0.717) is 5.69 Å². The summed E-state index contributed by atoms with van der Waals surface area (Å²) in [6.45, 7) is 3.99. The molecule has 0 saturated carbocycles. The molecule has 0 aliphatic rings. The zero-order valence-corrected chi connectivity index (χ0v) is 15.3. The summed E-state index contributed by atoms with van der Waals surface area (Å²) < 4.78 is 40.3. The monoisotopic (exact) mass is 392 g/mol. The lowest BCUT2D eigenvalue weighted by Crippen LogP contribution is -2.19. The van der Waals surface area contributed by atoms with Gasteiger partial charge in [-0.25, -0.2) is 4.98 Å². The molecule has 0 spiro atoms. The summed E-state index contributed by atoms with van der Waals surface area (Å²) in [6.07, 6.45) is -2.73. The Morgan fingerprint density at radius 1 is 1.29 bits per heavy atom. The number of hydrogen-bond acceptors (Lipinski definition) is 5. The summed E-state index contributed by atoms with van der Waals surface area (Å²) in [5.41, 5.74) is 0.354. The molecule has 1 amide bonds. The highest BCUT2D eigenvalue weighted by Crippen LogP contribution is 2.29. The molecular weight excluding hydrogens is 373 g/mol. The summed E-state index contributed by atoms with van der Waals surface area (Å²) in [5.74, 6) is -0.225. The third kappa shape index (κ3) is 4.38. The predicted molar refractivity (Wildman–Crippen MR) is 97.6 cm³/mol. The second-order valence-corrected chi connectivity index (χ2v) is 6.35.